The minimum absolute atomic E-state index is 0.0557. The van der Waals surface area contributed by atoms with Crippen LogP contribution in [0.5, 0.6) is 11.5 Å². The molecule has 0 aliphatic rings. The highest BCUT2D eigenvalue weighted by atomic mass is 19.4. The second-order valence-corrected chi connectivity index (χ2v) is 7.19. The fourth-order valence-corrected chi connectivity index (χ4v) is 3.13. The number of aromatic carboxylic acids is 1. The molecule has 170 valence electrons. The molecular weight excluding hydrogens is 435 g/mol. The number of aromatic hydroxyl groups is 1. The van der Waals surface area contributed by atoms with Crippen LogP contribution in [0.2, 0.25) is 0 Å². The predicted molar refractivity (Wildman–Crippen MR) is 115 cm³/mol. The van der Waals surface area contributed by atoms with Gasteiger partial charge in [0.15, 0.2) is 0 Å². The van der Waals surface area contributed by atoms with Crippen molar-refractivity contribution in [2.24, 2.45) is 0 Å². The number of carboxylic acids is 1. The summed E-state index contributed by atoms with van der Waals surface area (Å²) >= 11 is 0. The van der Waals surface area contributed by atoms with Crippen molar-refractivity contribution in [1.82, 2.24) is 4.98 Å². The first kappa shape index (κ1) is 23.7. The molecule has 0 atom stereocenters. The number of nitrogens with zero attached hydrogens (tertiary/aromatic N) is 1. The summed E-state index contributed by atoms with van der Waals surface area (Å²) in [6.45, 7) is 2.16. The van der Waals surface area contributed by atoms with Crippen molar-refractivity contribution in [3.05, 3.63) is 88.2 Å². The molecule has 3 aromatic rings. The average molecular weight is 455 g/mol. The number of ether oxygens (including phenoxy) is 1. The number of rotatable bonds is 6. The summed E-state index contributed by atoms with van der Waals surface area (Å²) in [5.41, 5.74) is 0.467. The van der Waals surface area contributed by atoms with E-state index in [0.29, 0.717) is 42.4 Å². The molecule has 0 saturated heterocycles. The highest BCUT2D eigenvalue weighted by molar-refractivity contribution is 5.88. The summed E-state index contributed by atoms with van der Waals surface area (Å²) in [5.74, 6) is 4.24. The van der Waals surface area contributed by atoms with Crippen molar-refractivity contribution in [1.29, 1.82) is 0 Å². The van der Waals surface area contributed by atoms with E-state index in [1.807, 2.05) is 6.92 Å². The van der Waals surface area contributed by atoms with E-state index in [-0.39, 0.29) is 11.1 Å². The molecule has 1 heterocycles. The number of alkyl halides is 3. The number of phenols is 1. The Labute approximate surface area is 188 Å². The Morgan fingerprint density at radius 2 is 1.82 bits per heavy atom. The molecule has 0 bridgehead atoms. The van der Waals surface area contributed by atoms with Gasteiger partial charge in [-0.3, -0.25) is 4.98 Å². The number of hydrogen-bond donors (Lipinski definition) is 2. The zero-order chi connectivity index (χ0) is 24.0. The Kier molecular flexibility index (Phi) is 7.23. The number of phenolic OH excluding ortho intramolecular Hbond substituents is 1. The van der Waals surface area contributed by atoms with Gasteiger partial charge in [-0.1, -0.05) is 11.8 Å². The molecule has 0 aliphatic carbocycles. The van der Waals surface area contributed by atoms with Gasteiger partial charge in [-0.25, -0.2) is 4.79 Å². The summed E-state index contributed by atoms with van der Waals surface area (Å²) in [4.78, 5) is 15.5. The molecule has 2 aromatic carbocycles. The van der Waals surface area contributed by atoms with Gasteiger partial charge in [-0.15, -0.1) is 0 Å². The molecule has 0 saturated carbocycles. The van der Waals surface area contributed by atoms with Gasteiger partial charge in [0, 0.05) is 17.3 Å². The molecule has 33 heavy (non-hydrogen) atoms. The first-order valence-electron chi connectivity index (χ1n) is 9.98. The molecule has 0 amide bonds. The number of benzene rings is 2. The summed E-state index contributed by atoms with van der Waals surface area (Å²) in [7, 11) is 0. The standard InChI is InChI=1S/C25H20F3NO4/c1-16-23(5-2-12-29-16)33-13-3-4-19-14-20(24(31)32)9-7-17(19)6-8-18-10-11-21(30)15-22(18)25(26,27)28/h2,5,7,9-12,14-15,30H,3-4,13H2,1H3,(H,31,32). The third-order valence-electron chi connectivity index (χ3n) is 4.80. The largest absolute Gasteiger partial charge is 0.508 e. The summed E-state index contributed by atoms with van der Waals surface area (Å²) in [6.07, 6.45) is -2.09. The first-order chi connectivity index (χ1) is 15.6. The van der Waals surface area contributed by atoms with E-state index in [4.69, 9.17) is 4.74 Å². The quantitative estimate of drug-likeness (QED) is 0.393. The number of carboxylic acid groups (broad SMARTS) is 1. The van der Waals surface area contributed by atoms with Gasteiger partial charge < -0.3 is 14.9 Å². The SMILES string of the molecule is Cc1ncccc1OCCCc1cc(C(=O)O)ccc1C#Cc1ccc(O)cc1C(F)(F)F. The number of hydrogen-bond acceptors (Lipinski definition) is 4. The summed E-state index contributed by atoms with van der Waals surface area (Å²) in [5, 5.41) is 18.7. The maximum atomic E-state index is 13.3. The van der Waals surface area contributed by atoms with Crippen molar-refractivity contribution in [3.8, 4) is 23.3 Å². The Hall–Kier alpha value is -3.99. The minimum atomic E-state index is -4.68. The van der Waals surface area contributed by atoms with Crippen molar-refractivity contribution in [2.75, 3.05) is 6.61 Å². The Morgan fingerprint density at radius 3 is 2.52 bits per heavy atom. The van der Waals surface area contributed by atoms with E-state index in [9.17, 15) is 28.2 Å². The average Bonchev–Trinajstić information content (AvgIpc) is 2.76. The fraction of sp³-hybridized carbons (Fsp3) is 0.200. The highest BCUT2D eigenvalue weighted by Gasteiger charge is 2.33. The molecule has 1 aromatic heterocycles. The molecule has 0 aliphatic heterocycles. The Morgan fingerprint density at radius 1 is 1.09 bits per heavy atom. The van der Waals surface area contributed by atoms with Crippen LogP contribution in [-0.4, -0.2) is 27.8 Å². The lowest BCUT2D eigenvalue weighted by Crippen LogP contribution is -2.07. The van der Waals surface area contributed by atoms with Crippen LogP contribution in [0.15, 0.2) is 54.7 Å². The molecule has 0 radical (unpaired) electrons. The molecule has 0 spiro atoms. The van der Waals surface area contributed by atoms with Crippen LogP contribution in [0.4, 0.5) is 13.2 Å². The number of carbonyl (C=O) groups is 1. The van der Waals surface area contributed by atoms with Gasteiger partial charge in [-0.2, -0.15) is 13.2 Å². The van der Waals surface area contributed by atoms with Crippen LogP contribution >= 0.6 is 0 Å². The molecule has 0 unspecified atom stereocenters. The van der Waals surface area contributed by atoms with Crippen LogP contribution in [-0.2, 0) is 12.6 Å². The van der Waals surface area contributed by atoms with Gasteiger partial charge >= 0.3 is 12.1 Å². The monoisotopic (exact) mass is 455 g/mol. The van der Waals surface area contributed by atoms with Gasteiger partial charge in [-0.05, 0) is 73.9 Å². The Balaban J connectivity index is 1.84. The van der Waals surface area contributed by atoms with Crippen molar-refractivity contribution >= 4 is 5.97 Å². The predicted octanol–water partition coefficient (Wildman–Crippen LogP) is 5.22. The second kappa shape index (κ2) is 10.1. The fourth-order valence-electron chi connectivity index (χ4n) is 3.13. The lowest BCUT2D eigenvalue weighted by molar-refractivity contribution is -0.137. The third kappa shape index (κ3) is 6.26. The molecule has 0 fully saturated rings. The zero-order valence-electron chi connectivity index (χ0n) is 17.6. The third-order valence-corrected chi connectivity index (χ3v) is 4.80. The maximum absolute atomic E-state index is 13.3. The minimum Gasteiger partial charge on any atom is -0.508 e. The van der Waals surface area contributed by atoms with E-state index in [0.717, 1.165) is 17.8 Å². The molecule has 2 N–H and O–H groups in total. The van der Waals surface area contributed by atoms with E-state index >= 15 is 0 Å². The molecular formula is C25H20F3NO4. The van der Waals surface area contributed by atoms with Crippen LogP contribution in [0, 0.1) is 18.8 Å². The smallest absolute Gasteiger partial charge is 0.417 e. The van der Waals surface area contributed by atoms with Crippen LogP contribution in [0.25, 0.3) is 0 Å². The lowest BCUT2D eigenvalue weighted by atomic mass is 9.99. The first-order valence-corrected chi connectivity index (χ1v) is 9.98. The number of halogens is 3. The van der Waals surface area contributed by atoms with E-state index < -0.39 is 23.5 Å². The second-order valence-electron chi connectivity index (χ2n) is 7.19. The van der Waals surface area contributed by atoms with E-state index in [1.165, 1.54) is 18.2 Å². The number of pyridine rings is 1. The van der Waals surface area contributed by atoms with Crippen molar-refractivity contribution < 1.29 is 32.9 Å². The van der Waals surface area contributed by atoms with Gasteiger partial charge in [0.2, 0.25) is 0 Å². The summed E-state index contributed by atoms with van der Waals surface area (Å²) in [6, 6.07) is 10.7. The number of aryl methyl sites for hydroxylation is 2. The van der Waals surface area contributed by atoms with Gasteiger partial charge in [0.25, 0.3) is 0 Å². The lowest BCUT2D eigenvalue weighted by Gasteiger charge is -2.10. The van der Waals surface area contributed by atoms with Gasteiger partial charge in [0.1, 0.15) is 11.5 Å². The topological polar surface area (TPSA) is 79.7 Å². The highest BCUT2D eigenvalue weighted by Crippen LogP contribution is 2.33. The maximum Gasteiger partial charge on any atom is 0.417 e. The number of aromatic nitrogens is 1. The van der Waals surface area contributed by atoms with Gasteiger partial charge in [0.05, 0.1) is 23.4 Å². The van der Waals surface area contributed by atoms with Crippen molar-refractivity contribution in [2.45, 2.75) is 25.9 Å². The molecule has 8 heteroatoms. The van der Waals surface area contributed by atoms with E-state index in [2.05, 4.69) is 16.8 Å². The molecule has 3 rings (SSSR count). The summed E-state index contributed by atoms with van der Waals surface area (Å²) < 4.78 is 45.6. The van der Waals surface area contributed by atoms with Crippen LogP contribution < -0.4 is 4.74 Å². The van der Waals surface area contributed by atoms with E-state index in [1.54, 1.807) is 18.3 Å². The molecule has 5 nitrogen and oxygen atoms in total. The normalized spacial score (nSPS) is 10.9. The van der Waals surface area contributed by atoms with Crippen molar-refractivity contribution in [3.63, 3.8) is 0 Å². The zero-order valence-corrected chi connectivity index (χ0v) is 17.6. The Bertz CT molecular complexity index is 1230. The van der Waals surface area contributed by atoms with Crippen LogP contribution in [0.3, 0.4) is 0 Å². The van der Waals surface area contributed by atoms with Crippen LogP contribution in [0.1, 0.15) is 44.7 Å².